The third-order valence-electron chi connectivity index (χ3n) is 6.07. The molecule has 1 heterocycles. The van der Waals surface area contributed by atoms with Crippen molar-refractivity contribution in [1.82, 2.24) is 5.32 Å². The number of amides is 1. The van der Waals surface area contributed by atoms with Crippen molar-refractivity contribution in [1.29, 1.82) is 0 Å². The molecule has 1 atom stereocenters. The van der Waals surface area contributed by atoms with Crippen LogP contribution in [0.4, 0.5) is 0 Å². The Morgan fingerprint density at radius 2 is 1.36 bits per heavy atom. The predicted molar refractivity (Wildman–Crippen MR) is 113 cm³/mol. The standard InChI is InChI=1S/C24H33N3O/c1-19(2)20(3)25-23(28)18-26-14-16-27(17-15-26)24(21-10-6-4-7-11-21)22-12-8-5-9-13-22/h4-13,19-20,24H,14-18H2,1-3H3,(H,25,28)/p+2/t20-/m1/s1. The Kier molecular flexibility index (Phi) is 7.24. The third-order valence-corrected chi connectivity index (χ3v) is 6.07. The third kappa shape index (κ3) is 5.43. The van der Waals surface area contributed by atoms with E-state index in [9.17, 15) is 4.79 Å². The number of rotatable bonds is 7. The molecular weight excluding hydrogens is 346 g/mol. The van der Waals surface area contributed by atoms with Gasteiger partial charge in [-0.3, -0.25) is 4.79 Å². The lowest BCUT2D eigenvalue weighted by atomic mass is 9.96. The molecule has 3 N–H and O–H groups in total. The first-order valence-electron chi connectivity index (χ1n) is 10.6. The summed E-state index contributed by atoms with van der Waals surface area (Å²) >= 11 is 0. The number of quaternary nitrogens is 2. The van der Waals surface area contributed by atoms with Gasteiger partial charge >= 0.3 is 0 Å². The van der Waals surface area contributed by atoms with E-state index >= 15 is 0 Å². The molecule has 0 saturated carbocycles. The molecule has 1 aliphatic rings. The van der Waals surface area contributed by atoms with Crippen LogP contribution in [0.5, 0.6) is 0 Å². The Bertz CT molecular complexity index is 685. The highest BCUT2D eigenvalue weighted by Crippen LogP contribution is 2.18. The fraction of sp³-hybridized carbons (Fsp3) is 0.458. The normalized spacial score (nSPS) is 20.9. The highest BCUT2D eigenvalue weighted by molar-refractivity contribution is 5.77. The molecule has 0 radical (unpaired) electrons. The van der Waals surface area contributed by atoms with Crippen molar-refractivity contribution < 1.29 is 14.6 Å². The summed E-state index contributed by atoms with van der Waals surface area (Å²) in [5.41, 5.74) is 2.74. The Hall–Kier alpha value is -2.17. The summed E-state index contributed by atoms with van der Waals surface area (Å²) in [5, 5.41) is 3.15. The van der Waals surface area contributed by atoms with Gasteiger partial charge in [-0.25, -0.2) is 0 Å². The van der Waals surface area contributed by atoms with E-state index in [0.29, 0.717) is 18.5 Å². The van der Waals surface area contributed by atoms with E-state index < -0.39 is 0 Å². The van der Waals surface area contributed by atoms with Gasteiger partial charge in [-0.05, 0) is 12.8 Å². The second-order valence-corrected chi connectivity index (χ2v) is 8.44. The number of hydrogen-bond acceptors (Lipinski definition) is 1. The summed E-state index contributed by atoms with van der Waals surface area (Å²) in [5.74, 6) is 0.653. The molecule has 1 fully saturated rings. The van der Waals surface area contributed by atoms with Crippen LogP contribution in [0.2, 0.25) is 0 Å². The van der Waals surface area contributed by atoms with Gasteiger partial charge in [0.05, 0.1) is 0 Å². The predicted octanol–water partition coefficient (Wildman–Crippen LogP) is 0.720. The zero-order valence-electron chi connectivity index (χ0n) is 17.4. The van der Waals surface area contributed by atoms with Gasteiger partial charge in [-0.1, -0.05) is 74.5 Å². The van der Waals surface area contributed by atoms with Gasteiger partial charge in [0, 0.05) is 17.2 Å². The lowest BCUT2D eigenvalue weighted by Gasteiger charge is -2.35. The highest BCUT2D eigenvalue weighted by Gasteiger charge is 2.32. The smallest absolute Gasteiger partial charge is 0.275 e. The molecule has 3 rings (SSSR count). The molecule has 0 unspecified atom stereocenters. The second-order valence-electron chi connectivity index (χ2n) is 8.44. The van der Waals surface area contributed by atoms with E-state index in [2.05, 4.69) is 86.8 Å². The Balaban J connectivity index is 1.62. The van der Waals surface area contributed by atoms with Crippen LogP contribution >= 0.6 is 0 Å². The quantitative estimate of drug-likeness (QED) is 0.650. The number of carbonyl (C=O) groups is 1. The molecule has 0 spiro atoms. The minimum absolute atomic E-state index is 0.183. The molecule has 1 amide bonds. The molecule has 2 aromatic carbocycles. The first kappa shape index (κ1) is 20.6. The van der Waals surface area contributed by atoms with Crippen molar-refractivity contribution in [2.24, 2.45) is 5.92 Å². The summed E-state index contributed by atoms with van der Waals surface area (Å²) < 4.78 is 0. The fourth-order valence-corrected chi connectivity index (χ4v) is 4.04. The van der Waals surface area contributed by atoms with E-state index in [1.54, 1.807) is 4.90 Å². The number of carbonyl (C=O) groups excluding carboxylic acids is 1. The van der Waals surface area contributed by atoms with Crippen LogP contribution in [0.25, 0.3) is 0 Å². The zero-order valence-corrected chi connectivity index (χ0v) is 17.4. The molecule has 4 nitrogen and oxygen atoms in total. The molecule has 0 bridgehead atoms. The van der Waals surface area contributed by atoms with Crippen LogP contribution in [0.1, 0.15) is 37.9 Å². The maximum Gasteiger partial charge on any atom is 0.275 e. The molecular formula is C24H35N3O+2. The maximum absolute atomic E-state index is 12.3. The average Bonchev–Trinajstić information content (AvgIpc) is 2.71. The van der Waals surface area contributed by atoms with Gasteiger partial charge in [0.1, 0.15) is 32.2 Å². The first-order valence-corrected chi connectivity index (χ1v) is 10.6. The maximum atomic E-state index is 12.3. The lowest BCUT2D eigenvalue weighted by molar-refractivity contribution is -1.02. The average molecular weight is 382 g/mol. The van der Waals surface area contributed by atoms with Gasteiger partial charge in [-0.15, -0.1) is 0 Å². The van der Waals surface area contributed by atoms with Crippen LogP contribution < -0.4 is 15.1 Å². The summed E-state index contributed by atoms with van der Waals surface area (Å²) in [6, 6.07) is 22.3. The van der Waals surface area contributed by atoms with Crippen molar-refractivity contribution in [2.45, 2.75) is 32.9 Å². The van der Waals surface area contributed by atoms with Crippen molar-refractivity contribution >= 4 is 5.91 Å². The molecule has 28 heavy (non-hydrogen) atoms. The van der Waals surface area contributed by atoms with Crippen LogP contribution in [0, 0.1) is 5.92 Å². The number of hydrogen-bond donors (Lipinski definition) is 3. The van der Waals surface area contributed by atoms with Gasteiger partial charge in [0.15, 0.2) is 6.54 Å². The Morgan fingerprint density at radius 3 is 1.82 bits per heavy atom. The highest BCUT2D eigenvalue weighted by atomic mass is 16.2. The van der Waals surface area contributed by atoms with E-state index in [-0.39, 0.29) is 11.9 Å². The number of nitrogens with one attached hydrogen (secondary N) is 3. The minimum Gasteiger partial charge on any atom is -0.348 e. The molecule has 0 aromatic heterocycles. The Labute approximate surface area is 169 Å². The summed E-state index contributed by atoms with van der Waals surface area (Å²) in [4.78, 5) is 15.3. The van der Waals surface area contributed by atoms with Crippen LogP contribution in [0.15, 0.2) is 60.7 Å². The van der Waals surface area contributed by atoms with Crippen molar-refractivity contribution in [3.8, 4) is 0 Å². The van der Waals surface area contributed by atoms with Gasteiger partial charge in [0.25, 0.3) is 5.91 Å². The summed E-state index contributed by atoms with van der Waals surface area (Å²) in [6.45, 7) is 11.2. The molecule has 4 heteroatoms. The monoisotopic (exact) mass is 381 g/mol. The topological polar surface area (TPSA) is 38.0 Å². The van der Waals surface area contributed by atoms with Crippen molar-refractivity contribution in [3.05, 3.63) is 71.8 Å². The SMILES string of the molecule is CC(C)[C@@H](C)NC(=O)C[NH+]1CC[NH+](C(c2ccccc2)c2ccccc2)CC1. The van der Waals surface area contributed by atoms with E-state index in [4.69, 9.17) is 0 Å². The summed E-state index contributed by atoms with van der Waals surface area (Å²) in [7, 11) is 0. The number of benzene rings is 2. The van der Waals surface area contributed by atoms with E-state index in [1.807, 2.05) is 0 Å². The first-order chi connectivity index (χ1) is 13.5. The van der Waals surface area contributed by atoms with E-state index in [1.165, 1.54) is 16.0 Å². The molecule has 1 saturated heterocycles. The minimum atomic E-state index is 0.183. The fourth-order valence-electron chi connectivity index (χ4n) is 4.04. The zero-order chi connectivity index (χ0) is 19.9. The molecule has 150 valence electrons. The number of piperazine rings is 1. The van der Waals surface area contributed by atoms with Crippen LogP contribution in [-0.2, 0) is 4.79 Å². The van der Waals surface area contributed by atoms with Crippen LogP contribution in [-0.4, -0.2) is 44.7 Å². The molecule has 2 aromatic rings. The van der Waals surface area contributed by atoms with Gasteiger partial charge in [0.2, 0.25) is 0 Å². The lowest BCUT2D eigenvalue weighted by Crippen LogP contribution is -3.28. The largest absolute Gasteiger partial charge is 0.348 e. The second kappa shape index (κ2) is 9.85. The van der Waals surface area contributed by atoms with Crippen LogP contribution in [0.3, 0.4) is 0 Å². The van der Waals surface area contributed by atoms with Crippen molar-refractivity contribution in [2.75, 3.05) is 32.7 Å². The molecule has 1 aliphatic heterocycles. The van der Waals surface area contributed by atoms with Gasteiger partial charge < -0.3 is 15.1 Å². The van der Waals surface area contributed by atoms with Crippen molar-refractivity contribution in [3.63, 3.8) is 0 Å². The van der Waals surface area contributed by atoms with E-state index in [0.717, 1.165) is 26.2 Å². The van der Waals surface area contributed by atoms with Gasteiger partial charge in [-0.2, -0.15) is 0 Å². The summed E-state index contributed by atoms with van der Waals surface area (Å²) in [6.07, 6.45) is 0. The molecule has 0 aliphatic carbocycles. The Morgan fingerprint density at radius 1 is 0.857 bits per heavy atom.